The molecule has 0 unspecified atom stereocenters. The van der Waals surface area contributed by atoms with Crippen LogP contribution in [0.15, 0.2) is 35.8 Å². The lowest BCUT2D eigenvalue weighted by Gasteiger charge is -1.97. The largest absolute Gasteiger partial charge is 0.375 e. The van der Waals surface area contributed by atoms with Gasteiger partial charge in [-0.3, -0.25) is 0 Å². The van der Waals surface area contributed by atoms with E-state index in [4.69, 9.17) is 17.3 Å². The zero-order chi connectivity index (χ0) is 13.7. The number of nitrogen functional groups attached to an aromatic ring is 1. The van der Waals surface area contributed by atoms with E-state index in [-0.39, 0.29) is 0 Å². The topological polar surface area (TPSA) is 67.6 Å². The summed E-state index contributed by atoms with van der Waals surface area (Å²) in [4.78, 5) is 11.9. The average molecular weight is 301 g/mol. The number of nitrogens with one attached hydrogen (secondary N) is 1. The van der Waals surface area contributed by atoms with E-state index in [1.807, 2.05) is 23.6 Å². The molecule has 3 N–H and O–H groups in total. The summed E-state index contributed by atoms with van der Waals surface area (Å²) in [5, 5.41) is 5.25. The van der Waals surface area contributed by atoms with Crippen molar-refractivity contribution < 1.29 is 0 Å². The lowest BCUT2D eigenvalue weighted by molar-refractivity contribution is 1.35. The van der Waals surface area contributed by atoms with Crippen LogP contribution in [0.1, 0.15) is 0 Å². The predicted octanol–water partition coefficient (Wildman–Crippen LogP) is 4.08. The molecule has 4 rings (SSSR count). The number of hydrogen-bond donors (Lipinski definition) is 2. The summed E-state index contributed by atoms with van der Waals surface area (Å²) in [6.45, 7) is 0. The normalized spacial score (nSPS) is 11.4. The third-order valence-electron chi connectivity index (χ3n) is 3.23. The van der Waals surface area contributed by atoms with Gasteiger partial charge in [-0.05, 0) is 18.2 Å². The lowest BCUT2D eigenvalue weighted by Crippen LogP contribution is -1.82. The Labute approximate surface area is 123 Å². The van der Waals surface area contributed by atoms with Gasteiger partial charge in [-0.1, -0.05) is 17.7 Å². The van der Waals surface area contributed by atoms with Crippen LogP contribution in [0.4, 0.5) is 5.13 Å². The fraction of sp³-hybridized carbons (Fsp3) is 0. The quantitative estimate of drug-likeness (QED) is 0.556. The van der Waals surface area contributed by atoms with Crippen LogP contribution in [0, 0.1) is 0 Å². The first kappa shape index (κ1) is 11.7. The molecule has 0 aliphatic carbocycles. The Morgan fingerprint density at radius 3 is 2.90 bits per heavy atom. The van der Waals surface area contributed by atoms with Crippen molar-refractivity contribution in [2.45, 2.75) is 0 Å². The van der Waals surface area contributed by atoms with Crippen molar-refractivity contribution in [3.05, 3.63) is 40.9 Å². The van der Waals surface area contributed by atoms with Crippen LogP contribution < -0.4 is 5.73 Å². The number of benzene rings is 1. The number of fused-ring (bicyclic) bond motifs is 3. The molecular weight excluding hydrogens is 292 g/mol. The Morgan fingerprint density at radius 2 is 2.10 bits per heavy atom. The summed E-state index contributed by atoms with van der Waals surface area (Å²) >= 11 is 7.47. The number of nitrogens with zero attached hydrogens (tertiary/aromatic N) is 2. The van der Waals surface area contributed by atoms with Gasteiger partial charge < -0.3 is 10.7 Å². The molecule has 6 heteroatoms. The number of aromatic amines is 1. The van der Waals surface area contributed by atoms with Crippen molar-refractivity contribution >= 4 is 50.0 Å². The van der Waals surface area contributed by atoms with Crippen LogP contribution in [-0.2, 0) is 0 Å². The van der Waals surface area contributed by atoms with Gasteiger partial charge in [0.25, 0.3) is 0 Å². The zero-order valence-electron chi connectivity index (χ0n) is 10.2. The third kappa shape index (κ3) is 1.75. The summed E-state index contributed by atoms with van der Waals surface area (Å²) in [6, 6.07) is 8.05. The zero-order valence-corrected chi connectivity index (χ0v) is 11.8. The Kier molecular flexibility index (Phi) is 2.45. The maximum Gasteiger partial charge on any atom is 0.180 e. The van der Waals surface area contributed by atoms with Crippen LogP contribution in [0.25, 0.3) is 33.2 Å². The number of hydrogen-bond acceptors (Lipinski definition) is 4. The highest BCUT2D eigenvalue weighted by atomic mass is 35.5. The summed E-state index contributed by atoms with van der Waals surface area (Å²) < 4.78 is 0. The molecule has 0 atom stereocenters. The third-order valence-corrected chi connectivity index (χ3v) is 4.12. The van der Waals surface area contributed by atoms with E-state index in [0.29, 0.717) is 10.2 Å². The molecule has 0 saturated heterocycles. The molecule has 4 nitrogen and oxygen atoms in total. The Morgan fingerprint density at radius 1 is 1.20 bits per heavy atom. The number of aromatic nitrogens is 3. The van der Waals surface area contributed by atoms with Crippen LogP contribution in [0.3, 0.4) is 0 Å². The second-order valence-corrected chi connectivity index (χ2v) is 5.83. The van der Waals surface area contributed by atoms with Crippen molar-refractivity contribution in [2.24, 2.45) is 0 Å². The predicted molar refractivity (Wildman–Crippen MR) is 84.1 cm³/mol. The van der Waals surface area contributed by atoms with Gasteiger partial charge in [0, 0.05) is 33.4 Å². The highest BCUT2D eigenvalue weighted by molar-refractivity contribution is 7.13. The molecule has 4 aromatic rings. The fourth-order valence-corrected chi connectivity index (χ4v) is 3.06. The van der Waals surface area contributed by atoms with Gasteiger partial charge >= 0.3 is 0 Å². The van der Waals surface area contributed by atoms with E-state index in [1.165, 1.54) is 11.3 Å². The summed E-state index contributed by atoms with van der Waals surface area (Å²) in [7, 11) is 0. The molecule has 0 saturated carbocycles. The van der Waals surface area contributed by atoms with Gasteiger partial charge in [0.1, 0.15) is 5.65 Å². The highest BCUT2D eigenvalue weighted by Crippen LogP contribution is 2.31. The van der Waals surface area contributed by atoms with Gasteiger partial charge in [0.2, 0.25) is 0 Å². The summed E-state index contributed by atoms with van der Waals surface area (Å²) in [6.07, 6.45) is 1.64. The molecule has 98 valence electrons. The highest BCUT2D eigenvalue weighted by Gasteiger charge is 2.09. The number of H-pyrrole nitrogens is 1. The molecule has 20 heavy (non-hydrogen) atoms. The number of rotatable bonds is 1. The van der Waals surface area contributed by atoms with Gasteiger partial charge in [0.05, 0.1) is 10.7 Å². The number of nitrogens with two attached hydrogens (primary N) is 1. The Balaban J connectivity index is 2.02. The second-order valence-electron chi connectivity index (χ2n) is 4.51. The number of pyridine rings is 1. The molecule has 1 aromatic carbocycles. The van der Waals surface area contributed by atoms with Crippen LogP contribution in [0.5, 0.6) is 0 Å². The number of anilines is 1. The van der Waals surface area contributed by atoms with Crippen LogP contribution in [-0.4, -0.2) is 15.0 Å². The Hall–Kier alpha value is -2.11. The van der Waals surface area contributed by atoms with Crippen molar-refractivity contribution in [3.8, 4) is 11.3 Å². The minimum Gasteiger partial charge on any atom is -0.375 e. The van der Waals surface area contributed by atoms with E-state index in [0.717, 1.165) is 33.2 Å². The van der Waals surface area contributed by atoms with Gasteiger partial charge in [-0.2, -0.15) is 0 Å². The summed E-state index contributed by atoms with van der Waals surface area (Å²) in [5.41, 5.74) is 9.48. The molecule has 0 bridgehead atoms. The maximum absolute atomic E-state index is 6.03. The van der Waals surface area contributed by atoms with Crippen molar-refractivity contribution in [1.29, 1.82) is 0 Å². The van der Waals surface area contributed by atoms with Gasteiger partial charge in [0.15, 0.2) is 5.13 Å². The first-order valence-electron chi connectivity index (χ1n) is 5.99. The monoisotopic (exact) mass is 300 g/mol. The molecule has 0 radical (unpaired) electrons. The second kappa shape index (κ2) is 4.19. The molecule has 3 heterocycles. The minimum absolute atomic E-state index is 0.573. The smallest absolute Gasteiger partial charge is 0.180 e. The molecule has 0 aliphatic heterocycles. The van der Waals surface area contributed by atoms with Gasteiger partial charge in [-0.15, -0.1) is 11.3 Å². The van der Waals surface area contributed by atoms with Crippen LogP contribution >= 0.6 is 22.9 Å². The summed E-state index contributed by atoms with van der Waals surface area (Å²) in [5.74, 6) is 0. The average Bonchev–Trinajstić information content (AvgIpc) is 3.02. The molecular formula is C14H9ClN4S. The van der Waals surface area contributed by atoms with E-state index in [2.05, 4.69) is 21.0 Å². The SMILES string of the molecule is Nc1nc(-c2ccc3[nH]c4ncc(Cl)cc4c3c2)cs1. The Bertz CT molecular complexity index is 941. The molecule has 0 amide bonds. The van der Waals surface area contributed by atoms with Gasteiger partial charge in [-0.25, -0.2) is 9.97 Å². The van der Waals surface area contributed by atoms with E-state index >= 15 is 0 Å². The molecule has 0 aliphatic rings. The minimum atomic E-state index is 0.573. The standard InChI is InChI=1S/C14H9ClN4S/c15-8-4-10-9-3-7(12-6-20-14(16)19-12)1-2-11(9)18-13(10)17-5-8/h1-6H,(H2,16,19)(H,17,18). The van der Waals surface area contributed by atoms with E-state index in [9.17, 15) is 0 Å². The van der Waals surface area contributed by atoms with E-state index < -0.39 is 0 Å². The molecule has 0 fully saturated rings. The van der Waals surface area contributed by atoms with Crippen molar-refractivity contribution in [2.75, 3.05) is 5.73 Å². The van der Waals surface area contributed by atoms with Crippen molar-refractivity contribution in [1.82, 2.24) is 15.0 Å². The van der Waals surface area contributed by atoms with E-state index in [1.54, 1.807) is 6.20 Å². The lowest BCUT2D eigenvalue weighted by atomic mass is 10.1. The fourth-order valence-electron chi connectivity index (χ4n) is 2.33. The molecule has 3 aromatic heterocycles. The van der Waals surface area contributed by atoms with Crippen LogP contribution in [0.2, 0.25) is 5.02 Å². The van der Waals surface area contributed by atoms with Crippen molar-refractivity contribution in [3.63, 3.8) is 0 Å². The maximum atomic E-state index is 6.03. The number of thiazole rings is 1. The molecule has 0 spiro atoms. The number of halogens is 1. The first-order chi connectivity index (χ1) is 9.70. The first-order valence-corrected chi connectivity index (χ1v) is 7.25.